The van der Waals surface area contributed by atoms with Crippen LogP contribution in [-0.4, -0.2) is 26.9 Å². The van der Waals surface area contributed by atoms with Crippen LogP contribution >= 0.6 is 11.3 Å². The number of rotatable bonds is 3. The zero-order chi connectivity index (χ0) is 15.0. The molecule has 0 saturated heterocycles. The molecule has 0 saturated carbocycles. The summed E-state index contributed by atoms with van der Waals surface area (Å²) >= 11 is 1.31. The first-order chi connectivity index (χ1) is 10.0. The summed E-state index contributed by atoms with van der Waals surface area (Å²) in [5.74, 6) is -0.992. The molecule has 3 rings (SSSR count). The summed E-state index contributed by atoms with van der Waals surface area (Å²) in [6, 6.07) is 4.97. The largest absolute Gasteiger partial charge is 0.478 e. The first-order valence-electron chi connectivity index (χ1n) is 6.35. The molecule has 0 aliphatic carbocycles. The number of aromatic nitrogens is 1. The number of fused-ring (bicyclic) bond motifs is 1. The van der Waals surface area contributed by atoms with Gasteiger partial charge in [0.1, 0.15) is 0 Å². The molecule has 2 aromatic rings. The number of hydrogen-bond donors (Lipinski definition) is 2. The quantitative estimate of drug-likeness (QED) is 0.896. The van der Waals surface area contributed by atoms with Crippen LogP contribution in [0.15, 0.2) is 23.6 Å². The highest BCUT2D eigenvalue weighted by atomic mass is 32.1. The molecule has 0 bridgehead atoms. The molecule has 1 aromatic carbocycles. The van der Waals surface area contributed by atoms with Crippen molar-refractivity contribution in [3.05, 3.63) is 46.0 Å². The van der Waals surface area contributed by atoms with Crippen LogP contribution in [0.4, 0.5) is 5.13 Å². The van der Waals surface area contributed by atoms with Gasteiger partial charge in [-0.3, -0.25) is 4.79 Å². The molecule has 0 spiro atoms. The van der Waals surface area contributed by atoms with Crippen LogP contribution in [0.25, 0.3) is 0 Å². The van der Waals surface area contributed by atoms with Gasteiger partial charge in [0.2, 0.25) is 5.91 Å². The van der Waals surface area contributed by atoms with Crippen LogP contribution in [0, 0.1) is 0 Å². The Hall–Kier alpha value is -2.41. The zero-order valence-corrected chi connectivity index (χ0v) is 11.9. The van der Waals surface area contributed by atoms with Crippen LogP contribution < -0.4 is 5.73 Å². The molecule has 21 heavy (non-hydrogen) atoms. The van der Waals surface area contributed by atoms with Crippen LogP contribution in [-0.2, 0) is 24.3 Å². The lowest BCUT2D eigenvalue weighted by atomic mass is 10.1. The number of nitrogens with two attached hydrogens (primary N) is 1. The topological polar surface area (TPSA) is 96.5 Å². The first-order valence-corrected chi connectivity index (χ1v) is 7.23. The van der Waals surface area contributed by atoms with Crippen molar-refractivity contribution in [2.45, 2.75) is 19.5 Å². The van der Waals surface area contributed by atoms with Crippen LogP contribution in [0.5, 0.6) is 0 Å². The molecule has 1 aliphatic rings. The number of hydrogen-bond acceptors (Lipinski definition) is 5. The minimum Gasteiger partial charge on any atom is -0.478 e. The molecule has 1 amide bonds. The van der Waals surface area contributed by atoms with Gasteiger partial charge in [0.25, 0.3) is 0 Å². The second kappa shape index (κ2) is 5.17. The Morgan fingerprint density at radius 2 is 2.10 bits per heavy atom. The Morgan fingerprint density at radius 1 is 1.33 bits per heavy atom. The fourth-order valence-electron chi connectivity index (χ4n) is 2.37. The van der Waals surface area contributed by atoms with Crippen molar-refractivity contribution < 1.29 is 14.7 Å². The third-order valence-corrected chi connectivity index (χ3v) is 4.15. The number of anilines is 1. The van der Waals surface area contributed by atoms with Crippen molar-refractivity contribution in [1.82, 2.24) is 9.88 Å². The molecule has 0 atom stereocenters. The van der Waals surface area contributed by atoms with Crippen molar-refractivity contribution in [3.8, 4) is 0 Å². The maximum absolute atomic E-state index is 12.2. The third kappa shape index (κ3) is 2.73. The van der Waals surface area contributed by atoms with E-state index in [0.29, 0.717) is 23.9 Å². The lowest BCUT2D eigenvalue weighted by Crippen LogP contribution is -2.27. The molecule has 6 nitrogen and oxygen atoms in total. The summed E-state index contributed by atoms with van der Waals surface area (Å²) in [7, 11) is 0. The van der Waals surface area contributed by atoms with Gasteiger partial charge >= 0.3 is 5.97 Å². The summed E-state index contributed by atoms with van der Waals surface area (Å²) in [5, 5.41) is 11.2. The molecule has 1 aromatic heterocycles. The van der Waals surface area contributed by atoms with E-state index in [9.17, 15) is 9.59 Å². The molecule has 2 heterocycles. The van der Waals surface area contributed by atoms with Gasteiger partial charge in [-0.15, -0.1) is 11.3 Å². The van der Waals surface area contributed by atoms with E-state index in [1.54, 1.807) is 28.5 Å². The molecule has 108 valence electrons. The summed E-state index contributed by atoms with van der Waals surface area (Å²) < 4.78 is 0. The van der Waals surface area contributed by atoms with Gasteiger partial charge in [-0.25, -0.2) is 9.78 Å². The molecule has 0 fully saturated rings. The summed E-state index contributed by atoms with van der Waals surface area (Å²) in [4.78, 5) is 29.0. The van der Waals surface area contributed by atoms with Crippen molar-refractivity contribution in [2.24, 2.45) is 0 Å². The number of benzene rings is 1. The standard InChI is InChI=1S/C14H13N3O3S/c15-14-16-11(7-21-14)4-12(18)17-5-9-2-1-8(13(19)20)3-10(9)6-17/h1-3,7H,4-6H2,(H2,15,16)(H,19,20). The monoisotopic (exact) mass is 303 g/mol. The molecular weight excluding hydrogens is 290 g/mol. The number of nitrogens with zero attached hydrogens (tertiary/aromatic N) is 2. The number of nitrogen functional groups attached to an aromatic ring is 1. The van der Waals surface area contributed by atoms with E-state index >= 15 is 0 Å². The number of thiazole rings is 1. The zero-order valence-electron chi connectivity index (χ0n) is 11.1. The van der Waals surface area contributed by atoms with Crippen molar-refractivity contribution in [2.75, 3.05) is 5.73 Å². The molecule has 1 aliphatic heterocycles. The molecule has 0 radical (unpaired) electrons. The number of carboxylic acids is 1. The number of aromatic carboxylic acids is 1. The van der Waals surface area contributed by atoms with Gasteiger partial charge in [-0.05, 0) is 23.3 Å². The Bertz CT molecular complexity index is 726. The van der Waals surface area contributed by atoms with E-state index < -0.39 is 5.97 Å². The fourth-order valence-corrected chi connectivity index (χ4v) is 2.94. The summed E-state index contributed by atoms with van der Waals surface area (Å²) in [5.41, 5.74) is 8.35. The van der Waals surface area contributed by atoms with Gasteiger partial charge in [0.15, 0.2) is 5.13 Å². The van der Waals surface area contributed by atoms with Gasteiger partial charge in [0.05, 0.1) is 17.7 Å². The maximum atomic E-state index is 12.2. The summed E-state index contributed by atoms with van der Waals surface area (Å²) in [6.45, 7) is 0.947. The van der Waals surface area contributed by atoms with E-state index in [1.165, 1.54) is 11.3 Å². The van der Waals surface area contributed by atoms with Gasteiger partial charge in [-0.1, -0.05) is 6.07 Å². The number of carbonyl (C=O) groups excluding carboxylic acids is 1. The Balaban J connectivity index is 1.72. The van der Waals surface area contributed by atoms with Crippen LogP contribution in [0.3, 0.4) is 0 Å². The van der Waals surface area contributed by atoms with E-state index in [2.05, 4.69) is 4.98 Å². The second-order valence-corrected chi connectivity index (χ2v) is 5.78. The minimum absolute atomic E-state index is 0.0339. The second-order valence-electron chi connectivity index (χ2n) is 4.89. The Labute approximate surface area is 124 Å². The highest BCUT2D eigenvalue weighted by Crippen LogP contribution is 2.25. The number of carbonyl (C=O) groups is 2. The van der Waals surface area contributed by atoms with E-state index in [4.69, 9.17) is 10.8 Å². The predicted octanol–water partition coefficient (Wildman–Crippen LogP) is 1.51. The Morgan fingerprint density at radius 3 is 2.76 bits per heavy atom. The highest BCUT2D eigenvalue weighted by molar-refractivity contribution is 7.13. The number of carboxylic acid groups (broad SMARTS) is 1. The average Bonchev–Trinajstić information content (AvgIpc) is 3.03. The average molecular weight is 303 g/mol. The molecule has 7 heteroatoms. The van der Waals surface area contributed by atoms with Crippen LogP contribution in [0.1, 0.15) is 27.2 Å². The SMILES string of the molecule is Nc1nc(CC(=O)N2Cc3ccc(C(=O)O)cc3C2)cs1. The summed E-state index contributed by atoms with van der Waals surface area (Å²) in [6.07, 6.45) is 0.216. The van der Waals surface area contributed by atoms with E-state index in [1.807, 2.05) is 0 Å². The number of amides is 1. The normalized spacial score (nSPS) is 13.2. The van der Waals surface area contributed by atoms with E-state index in [0.717, 1.165) is 11.1 Å². The van der Waals surface area contributed by atoms with Gasteiger partial charge < -0.3 is 15.7 Å². The smallest absolute Gasteiger partial charge is 0.335 e. The van der Waals surface area contributed by atoms with Gasteiger partial charge in [-0.2, -0.15) is 0 Å². The van der Waals surface area contributed by atoms with Crippen molar-refractivity contribution in [1.29, 1.82) is 0 Å². The van der Waals surface area contributed by atoms with E-state index in [-0.39, 0.29) is 17.9 Å². The van der Waals surface area contributed by atoms with Crippen LogP contribution in [0.2, 0.25) is 0 Å². The van der Waals surface area contributed by atoms with Crippen molar-refractivity contribution >= 4 is 28.3 Å². The molecular formula is C14H13N3O3S. The first kappa shape index (κ1) is 13.6. The molecule has 0 unspecified atom stereocenters. The van der Waals surface area contributed by atoms with Gasteiger partial charge in [0, 0.05) is 18.5 Å². The highest BCUT2D eigenvalue weighted by Gasteiger charge is 2.24. The lowest BCUT2D eigenvalue weighted by molar-refractivity contribution is -0.131. The predicted molar refractivity (Wildman–Crippen MR) is 77.9 cm³/mol. The maximum Gasteiger partial charge on any atom is 0.335 e. The van der Waals surface area contributed by atoms with Crippen molar-refractivity contribution in [3.63, 3.8) is 0 Å². The fraction of sp³-hybridized carbons (Fsp3) is 0.214. The minimum atomic E-state index is -0.958. The molecule has 3 N–H and O–H groups in total. The third-order valence-electron chi connectivity index (χ3n) is 3.43. The lowest BCUT2D eigenvalue weighted by Gasteiger charge is -2.14. The Kier molecular flexibility index (Phi) is 3.34.